The Balaban J connectivity index is 1.53. The van der Waals surface area contributed by atoms with Gasteiger partial charge >= 0.3 is 0 Å². The number of halogens is 2. The molecule has 1 N–H and O–H groups in total. The molecule has 3 rings (SSSR count). The second kappa shape index (κ2) is 7.75. The lowest BCUT2D eigenvalue weighted by atomic mass is 10.0. The Labute approximate surface area is 144 Å². The van der Waals surface area contributed by atoms with Crippen molar-refractivity contribution in [3.63, 3.8) is 0 Å². The minimum absolute atomic E-state index is 0.0642. The first-order chi connectivity index (χ1) is 11.6. The first-order valence-corrected chi connectivity index (χ1v) is 9.01. The molecule has 0 saturated carbocycles. The average molecular weight is 350 g/mol. The Morgan fingerprint density at radius 1 is 1.29 bits per heavy atom. The van der Waals surface area contributed by atoms with Crippen molar-refractivity contribution in [3.8, 4) is 0 Å². The highest BCUT2D eigenvalue weighted by molar-refractivity contribution is 7.09. The second-order valence-electron chi connectivity index (χ2n) is 6.03. The fourth-order valence-corrected chi connectivity index (χ4v) is 3.70. The lowest BCUT2D eigenvalue weighted by Crippen LogP contribution is -2.45. The summed E-state index contributed by atoms with van der Waals surface area (Å²) in [5, 5.41) is 5.22. The number of rotatable bonds is 5. The summed E-state index contributed by atoms with van der Waals surface area (Å²) in [7, 11) is 0. The van der Waals surface area contributed by atoms with Crippen LogP contribution in [-0.4, -0.2) is 29.9 Å². The molecular weight excluding hydrogens is 330 g/mol. The number of benzene rings is 1. The first kappa shape index (κ1) is 16.9. The van der Waals surface area contributed by atoms with Crippen LogP contribution in [0, 0.1) is 11.6 Å². The fraction of sp³-hybridized carbons (Fsp3) is 0.389. The number of nitrogens with zero attached hydrogens (tertiary/aromatic N) is 1. The van der Waals surface area contributed by atoms with Crippen LogP contribution in [-0.2, 0) is 11.2 Å². The van der Waals surface area contributed by atoms with Crippen LogP contribution >= 0.6 is 11.3 Å². The van der Waals surface area contributed by atoms with Gasteiger partial charge in [0, 0.05) is 42.2 Å². The minimum atomic E-state index is -0.861. The van der Waals surface area contributed by atoms with E-state index >= 15 is 0 Å². The predicted molar refractivity (Wildman–Crippen MR) is 92.2 cm³/mol. The van der Waals surface area contributed by atoms with Gasteiger partial charge in [-0.25, -0.2) is 8.78 Å². The molecule has 128 valence electrons. The zero-order chi connectivity index (χ0) is 16.9. The molecule has 1 saturated heterocycles. The molecule has 1 aliphatic heterocycles. The van der Waals surface area contributed by atoms with E-state index in [1.54, 1.807) is 11.3 Å². The van der Waals surface area contributed by atoms with Crippen molar-refractivity contribution in [1.29, 1.82) is 0 Å². The molecule has 0 radical (unpaired) electrons. The summed E-state index contributed by atoms with van der Waals surface area (Å²) in [5.41, 5.74) is 0.548. The third-order valence-electron chi connectivity index (χ3n) is 4.23. The number of piperidine rings is 1. The van der Waals surface area contributed by atoms with Gasteiger partial charge in [0.05, 0.1) is 0 Å². The largest absolute Gasteiger partial charge is 0.380 e. The van der Waals surface area contributed by atoms with E-state index in [1.807, 2.05) is 22.4 Å². The molecular formula is C18H20F2N2OS. The zero-order valence-corrected chi connectivity index (χ0v) is 14.1. The Morgan fingerprint density at radius 3 is 2.92 bits per heavy atom. The second-order valence-corrected chi connectivity index (χ2v) is 7.06. The molecule has 2 heterocycles. The summed E-state index contributed by atoms with van der Waals surface area (Å²) in [5.74, 6) is -1.56. The van der Waals surface area contributed by atoms with Crippen molar-refractivity contribution in [2.24, 2.45) is 0 Å². The van der Waals surface area contributed by atoms with Crippen LogP contribution in [0.5, 0.6) is 0 Å². The lowest BCUT2D eigenvalue weighted by molar-refractivity contribution is -0.132. The quantitative estimate of drug-likeness (QED) is 0.882. The van der Waals surface area contributed by atoms with E-state index in [1.165, 1.54) is 10.9 Å². The fourth-order valence-electron chi connectivity index (χ4n) is 2.99. The van der Waals surface area contributed by atoms with E-state index < -0.39 is 11.6 Å². The van der Waals surface area contributed by atoms with Crippen molar-refractivity contribution >= 4 is 22.9 Å². The summed E-state index contributed by atoms with van der Waals surface area (Å²) >= 11 is 1.67. The SMILES string of the molecule is O=C(CCc1cccs1)N1CCCC(Nc2ccc(F)c(F)c2)C1. The maximum Gasteiger partial charge on any atom is 0.223 e. The monoisotopic (exact) mass is 350 g/mol. The third kappa shape index (κ3) is 4.32. The van der Waals surface area contributed by atoms with Gasteiger partial charge in [0.2, 0.25) is 5.91 Å². The van der Waals surface area contributed by atoms with Gasteiger partial charge in [-0.1, -0.05) is 6.07 Å². The molecule has 0 spiro atoms. The van der Waals surface area contributed by atoms with Gasteiger partial charge < -0.3 is 10.2 Å². The topological polar surface area (TPSA) is 32.3 Å². The summed E-state index contributed by atoms with van der Waals surface area (Å²) < 4.78 is 26.3. The summed E-state index contributed by atoms with van der Waals surface area (Å²) in [6.45, 7) is 1.36. The van der Waals surface area contributed by atoms with Crippen molar-refractivity contribution in [3.05, 3.63) is 52.2 Å². The summed E-state index contributed by atoms with van der Waals surface area (Å²) in [6, 6.07) is 7.90. The lowest BCUT2D eigenvalue weighted by Gasteiger charge is -2.33. The number of amides is 1. The molecule has 0 bridgehead atoms. The normalized spacial score (nSPS) is 17.8. The standard InChI is InChI=1S/C18H20F2N2OS/c19-16-7-5-13(11-17(16)20)21-14-3-1-9-22(12-14)18(23)8-6-15-4-2-10-24-15/h2,4-5,7,10-11,14,21H,1,3,6,8-9,12H2. The maximum absolute atomic E-state index is 13.3. The highest BCUT2D eigenvalue weighted by Gasteiger charge is 2.23. The number of aryl methyl sites for hydroxylation is 1. The van der Waals surface area contributed by atoms with Crippen LogP contribution in [0.25, 0.3) is 0 Å². The molecule has 24 heavy (non-hydrogen) atoms. The molecule has 1 atom stereocenters. The highest BCUT2D eigenvalue weighted by atomic mass is 32.1. The van der Waals surface area contributed by atoms with Gasteiger partial charge in [-0.15, -0.1) is 11.3 Å². The minimum Gasteiger partial charge on any atom is -0.380 e. The molecule has 0 aliphatic carbocycles. The Bertz CT molecular complexity index is 690. The number of carbonyl (C=O) groups is 1. The van der Waals surface area contributed by atoms with Gasteiger partial charge in [0.15, 0.2) is 11.6 Å². The summed E-state index contributed by atoms with van der Waals surface area (Å²) in [6.07, 6.45) is 3.10. The number of thiophene rings is 1. The number of hydrogen-bond donors (Lipinski definition) is 1. The van der Waals surface area contributed by atoms with Gasteiger partial charge in [-0.2, -0.15) is 0 Å². The van der Waals surface area contributed by atoms with Crippen molar-refractivity contribution < 1.29 is 13.6 Å². The number of carbonyl (C=O) groups excluding carboxylic acids is 1. The number of hydrogen-bond acceptors (Lipinski definition) is 3. The van der Waals surface area contributed by atoms with Gasteiger partial charge in [-0.05, 0) is 42.8 Å². The molecule has 6 heteroatoms. The van der Waals surface area contributed by atoms with E-state index in [0.29, 0.717) is 18.7 Å². The molecule has 1 unspecified atom stereocenters. The van der Waals surface area contributed by atoms with E-state index in [9.17, 15) is 13.6 Å². The first-order valence-electron chi connectivity index (χ1n) is 8.13. The van der Waals surface area contributed by atoms with Crippen molar-refractivity contribution in [2.75, 3.05) is 18.4 Å². The predicted octanol–water partition coefficient (Wildman–Crippen LogP) is 4.06. The zero-order valence-electron chi connectivity index (χ0n) is 13.3. The van der Waals surface area contributed by atoms with Crippen LogP contribution in [0.2, 0.25) is 0 Å². The van der Waals surface area contributed by atoms with Crippen LogP contribution < -0.4 is 5.32 Å². The van der Waals surface area contributed by atoms with E-state index in [2.05, 4.69) is 5.32 Å². The summed E-state index contributed by atoms with van der Waals surface area (Å²) in [4.78, 5) is 15.5. The van der Waals surface area contributed by atoms with Crippen LogP contribution in [0.15, 0.2) is 35.7 Å². The van der Waals surface area contributed by atoms with Gasteiger partial charge in [-0.3, -0.25) is 4.79 Å². The molecule has 1 fully saturated rings. The smallest absolute Gasteiger partial charge is 0.223 e. The van der Waals surface area contributed by atoms with E-state index in [-0.39, 0.29) is 11.9 Å². The van der Waals surface area contributed by atoms with Crippen molar-refractivity contribution in [2.45, 2.75) is 31.7 Å². The number of nitrogens with one attached hydrogen (secondary N) is 1. The molecule has 1 aromatic heterocycles. The van der Waals surface area contributed by atoms with Gasteiger partial charge in [0.25, 0.3) is 0 Å². The van der Waals surface area contributed by atoms with Crippen LogP contribution in [0.1, 0.15) is 24.1 Å². The Hall–Kier alpha value is -1.95. The van der Waals surface area contributed by atoms with Gasteiger partial charge in [0.1, 0.15) is 0 Å². The molecule has 1 aromatic carbocycles. The molecule has 2 aromatic rings. The Kier molecular flexibility index (Phi) is 5.45. The average Bonchev–Trinajstić information content (AvgIpc) is 3.10. The number of anilines is 1. The third-order valence-corrected chi connectivity index (χ3v) is 5.17. The number of likely N-dealkylation sites (tertiary alicyclic amines) is 1. The van der Waals surface area contributed by atoms with Crippen molar-refractivity contribution in [1.82, 2.24) is 4.90 Å². The van der Waals surface area contributed by atoms with Crippen LogP contribution in [0.3, 0.4) is 0 Å². The Morgan fingerprint density at radius 2 is 2.17 bits per heavy atom. The molecule has 3 nitrogen and oxygen atoms in total. The maximum atomic E-state index is 13.3. The van der Waals surface area contributed by atoms with E-state index in [0.717, 1.165) is 37.9 Å². The van der Waals surface area contributed by atoms with E-state index in [4.69, 9.17) is 0 Å². The molecule has 1 amide bonds. The van der Waals surface area contributed by atoms with Crippen LogP contribution in [0.4, 0.5) is 14.5 Å². The highest BCUT2D eigenvalue weighted by Crippen LogP contribution is 2.19. The molecule has 1 aliphatic rings.